The molecule has 5 atom stereocenters. The first-order valence-corrected chi connectivity index (χ1v) is 12.0. The van der Waals surface area contributed by atoms with Crippen LogP contribution in [-0.4, -0.2) is 30.3 Å². The van der Waals surface area contributed by atoms with Crippen LogP contribution in [0.5, 0.6) is 0 Å². The summed E-state index contributed by atoms with van der Waals surface area (Å²) in [5, 5.41) is 2.86. The second kappa shape index (κ2) is 7.30. The molecular formula is C25H22ClF3N3O3+. The first-order chi connectivity index (χ1) is 16.6. The normalized spacial score (nSPS) is 31.2. The van der Waals surface area contributed by atoms with Crippen molar-refractivity contribution in [1.82, 2.24) is 0 Å². The molecule has 1 spiro atoms. The van der Waals surface area contributed by atoms with Gasteiger partial charge in [0.1, 0.15) is 17.9 Å². The lowest BCUT2D eigenvalue weighted by Crippen LogP contribution is -3.19. The third kappa shape index (κ3) is 2.73. The van der Waals surface area contributed by atoms with Crippen molar-refractivity contribution < 1.29 is 32.5 Å². The van der Waals surface area contributed by atoms with E-state index in [1.165, 1.54) is 0 Å². The number of carbonyl (C=O) groups is 3. The van der Waals surface area contributed by atoms with Crippen LogP contribution in [0.25, 0.3) is 0 Å². The van der Waals surface area contributed by atoms with Gasteiger partial charge in [0.2, 0.25) is 17.4 Å². The number of para-hydroxylation sites is 1. The van der Waals surface area contributed by atoms with E-state index < -0.39 is 40.9 Å². The fourth-order valence-electron chi connectivity index (χ4n) is 6.94. The third-order valence-corrected chi connectivity index (χ3v) is 8.55. The molecule has 4 unspecified atom stereocenters. The number of nitrogens with zero attached hydrogens (tertiary/aromatic N) is 1. The molecule has 182 valence electrons. The second-order valence-corrected chi connectivity index (χ2v) is 10.1. The maximum Gasteiger partial charge on any atom is 0.416 e. The Labute approximate surface area is 204 Å². The smallest absolute Gasteiger partial charge is 0.320 e. The number of amides is 3. The summed E-state index contributed by atoms with van der Waals surface area (Å²) >= 11 is 6.23. The lowest BCUT2D eigenvalue weighted by Gasteiger charge is -2.33. The summed E-state index contributed by atoms with van der Waals surface area (Å²) in [6.45, 7) is 2.60. The molecule has 4 heterocycles. The number of nitrogens with one attached hydrogen (secondary N) is 2. The van der Waals surface area contributed by atoms with E-state index in [1.54, 1.807) is 0 Å². The molecule has 3 amide bonds. The van der Waals surface area contributed by atoms with Gasteiger partial charge in [-0.25, -0.2) is 4.90 Å². The molecule has 0 saturated carbocycles. The van der Waals surface area contributed by atoms with Gasteiger partial charge in [-0.2, -0.15) is 13.2 Å². The molecule has 3 fully saturated rings. The van der Waals surface area contributed by atoms with Gasteiger partial charge in [0.25, 0.3) is 5.91 Å². The zero-order valence-electron chi connectivity index (χ0n) is 18.7. The Bertz CT molecular complexity index is 1310. The van der Waals surface area contributed by atoms with Gasteiger partial charge < -0.3 is 10.2 Å². The molecule has 0 aliphatic carbocycles. The average molecular weight is 505 g/mol. The van der Waals surface area contributed by atoms with Crippen LogP contribution in [0.15, 0.2) is 36.4 Å². The standard InChI is InChI=1S/C25H21ClF3N3O3/c1-2-12-5-3-6-14-20(12)30-23(35)24(14)19-18(16-7-4-10-31(16)24)21(33)32(22(19)34)17-11-13(25(27,28)29)8-9-15(17)26/h3,5-6,8-9,11,16,18-19H,2,4,7,10H2,1H3,(H,30,35)/p+1/t16?,18?,19?,24-/m1/s1. The Morgan fingerprint density at radius 1 is 1.17 bits per heavy atom. The van der Waals surface area contributed by atoms with E-state index in [2.05, 4.69) is 5.32 Å². The van der Waals surface area contributed by atoms with E-state index in [0.717, 1.165) is 40.0 Å². The number of fused-ring (bicyclic) bond motifs is 7. The second-order valence-electron chi connectivity index (χ2n) is 9.66. The minimum atomic E-state index is -4.67. The summed E-state index contributed by atoms with van der Waals surface area (Å²) in [5.41, 5.74) is -0.303. The number of anilines is 2. The summed E-state index contributed by atoms with van der Waals surface area (Å²) < 4.78 is 40.3. The van der Waals surface area contributed by atoms with E-state index in [-0.39, 0.29) is 22.7 Å². The molecule has 0 bridgehead atoms. The molecule has 4 aliphatic rings. The van der Waals surface area contributed by atoms with Crippen LogP contribution in [0, 0.1) is 11.8 Å². The zero-order valence-corrected chi connectivity index (χ0v) is 19.5. The molecule has 6 rings (SSSR count). The fourth-order valence-corrected chi connectivity index (χ4v) is 7.14. The first-order valence-electron chi connectivity index (χ1n) is 11.7. The Morgan fingerprint density at radius 2 is 1.94 bits per heavy atom. The number of halogens is 4. The van der Waals surface area contributed by atoms with E-state index in [4.69, 9.17) is 11.6 Å². The van der Waals surface area contributed by atoms with Crippen molar-refractivity contribution in [3.63, 3.8) is 0 Å². The van der Waals surface area contributed by atoms with Crippen LogP contribution in [0.3, 0.4) is 0 Å². The van der Waals surface area contributed by atoms with Gasteiger partial charge in [0.05, 0.1) is 28.5 Å². The van der Waals surface area contributed by atoms with Crippen LogP contribution in [0.2, 0.25) is 5.02 Å². The number of benzene rings is 2. The topological polar surface area (TPSA) is 70.9 Å². The lowest BCUT2D eigenvalue weighted by molar-refractivity contribution is -0.948. The van der Waals surface area contributed by atoms with Crippen molar-refractivity contribution >= 4 is 40.7 Å². The number of hydrogen-bond acceptors (Lipinski definition) is 3. The van der Waals surface area contributed by atoms with Crippen LogP contribution in [-0.2, 0) is 32.5 Å². The summed E-state index contributed by atoms with van der Waals surface area (Å²) in [5.74, 6) is -3.42. The summed E-state index contributed by atoms with van der Waals surface area (Å²) in [6, 6.07) is 7.90. The number of hydrogen-bond donors (Lipinski definition) is 2. The molecule has 2 aromatic rings. The van der Waals surface area contributed by atoms with Gasteiger partial charge in [-0.1, -0.05) is 36.7 Å². The summed E-state index contributed by atoms with van der Waals surface area (Å²) in [6.07, 6.45) is -2.56. The van der Waals surface area contributed by atoms with Crippen molar-refractivity contribution in [2.45, 2.75) is 43.9 Å². The number of carbonyl (C=O) groups excluding carboxylic acids is 3. The first kappa shape index (κ1) is 22.5. The van der Waals surface area contributed by atoms with Crippen molar-refractivity contribution in [1.29, 1.82) is 0 Å². The molecule has 0 radical (unpaired) electrons. The quantitative estimate of drug-likeness (QED) is 0.618. The fraction of sp³-hybridized carbons (Fsp3) is 0.400. The van der Waals surface area contributed by atoms with Crippen LogP contribution in [0.4, 0.5) is 24.5 Å². The predicted molar refractivity (Wildman–Crippen MR) is 121 cm³/mol. The van der Waals surface area contributed by atoms with Gasteiger partial charge in [-0.15, -0.1) is 0 Å². The molecule has 2 aromatic carbocycles. The van der Waals surface area contributed by atoms with E-state index in [0.29, 0.717) is 30.6 Å². The SMILES string of the molecule is CCc1cccc2c1NC(=O)[C@]21C2C(=O)N(c3cc(C(F)(F)F)ccc3Cl)C(=O)C2C2CCC[NH+]21. The number of rotatable bonds is 2. The Morgan fingerprint density at radius 3 is 2.66 bits per heavy atom. The minimum Gasteiger partial charge on any atom is -0.320 e. The highest BCUT2D eigenvalue weighted by molar-refractivity contribution is 6.36. The van der Waals surface area contributed by atoms with E-state index in [1.807, 2.05) is 25.1 Å². The molecular weight excluding hydrogens is 483 g/mol. The minimum absolute atomic E-state index is 0.131. The van der Waals surface area contributed by atoms with Crippen LogP contribution < -0.4 is 15.1 Å². The van der Waals surface area contributed by atoms with Gasteiger partial charge >= 0.3 is 6.18 Å². The lowest BCUT2D eigenvalue weighted by atomic mass is 9.75. The average Bonchev–Trinajstić information content (AvgIpc) is 3.52. The van der Waals surface area contributed by atoms with E-state index >= 15 is 0 Å². The van der Waals surface area contributed by atoms with Crippen LogP contribution in [0.1, 0.15) is 36.5 Å². The largest absolute Gasteiger partial charge is 0.416 e. The highest BCUT2D eigenvalue weighted by atomic mass is 35.5. The van der Waals surface area contributed by atoms with Crippen LogP contribution >= 0.6 is 11.6 Å². The zero-order chi connectivity index (χ0) is 24.9. The number of imide groups is 1. The summed E-state index contributed by atoms with van der Waals surface area (Å²) in [7, 11) is 0. The third-order valence-electron chi connectivity index (χ3n) is 8.23. The Hall–Kier alpha value is -2.91. The van der Waals surface area contributed by atoms with Crippen molar-refractivity contribution in [2.75, 3.05) is 16.8 Å². The van der Waals surface area contributed by atoms with Crippen molar-refractivity contribution in [3.05, 3.63) is 58.1 Å². The number of alkyl halides is 3. The highest BCUT2D eigenvalue weighted by Crippen LogP contribution is 2.53. The summed E-state index contributed by atoms with van der Waals surface area (Å²) in [4.78, 5) is 43.2. The predicted octanol–water partition coefficient (Wildman–Crippen LogP) is 2.94. The molecule has 4 aliphatic heterocycles. The van der Waals surface area contributed by atoms with Gasteiger partial charge in [-0.05, 0) is 30.2 Å². The molecule has 3 saturated heterocycles. The van der Waals surface area contributed by atoms with Gasteiger partial charge in [0.15, 0.2) is 0 Å². The van der Waals surface area contributed by atoms with Crippen molar-refractivity contribution in [3.8, 4) is 0 Å². The Balaban J connectivity index is 1.54. The molecule has 10 heteroatoms. The van der Waals surface area contributed by atoms with Gasteiger partial charge in [-0.3, -0.25) is 14.4 Å². The van der Waals surface area contributed by atoms with Gasteiger partial charge in [0, 0.05) is 18.4 Å². The monoisotopic (exact) mass is 504 g/mol. The molecule has 35 heavy (non-hydrogen) atoms. The maximum atomic E-state index is 14.0. The molecule has 6 nitrogen and oxygen atoms in total. The van der Waals surface area contributed by atoms with E-state index in [9.17, 15) is 27.6 Å². The van der Waals surface area contributed by atoms with Crippen molar-refractivity contribution in [2.24, 2.45) is 11.8 Å². The maximum absolute atomic E-state index is 14.0. The Kier molecular flexibility index (Phi) is 4.70. The number of aryl methyl sites for hydroxylation is 1. The highest BCUT2D eigenvalue weighted by Gasteiger charge is 2.78. The number of quaternary nitrogens is 1. The molecule has 2 N–H and O–H groups in total. The molecule has 0 aromatic heterocycles.